The van der Waals surface area contributed by atoms with Crippen molar-refractivity contribution < 1.29 is 4.79 Å². The summed E-state index contributed by atoms with van der Waals surface area (Å²) < 4.78 is 0. The van der Waals surface area contributed by atoms with Gasteiger partial charge in [0.15, 0.2) is 11.5 Å². The van der Waals surface area contributed by atoms with Gasteiger partial charge in [0.2, 0.25) is 5.91 Å². The van der Waals surface area contributed by atoms with E-state index in [-0.39, 0.29) is 11.9 Å². The SMILES string of the molecule is CC(=O)NC1CCCN(c2nccnc2C#N)C1. The molecule has 6 heteroatoms. The molecule has 94 valence electrons. The zero-order valence-corrected chi connectivity index (χ0v) is 10.3. The van der Waals surface area contributed by atoms with E-state index in [0.29, 0.717) is 18.1 Å². The first-order chi connectivity index (χ1) is 8.70. The normalized spacial score (nSPS) is 19.1. The van der Waals surface area contributed by atoms with Gasteiger partial charge >= 0.3 is 0 Å². The average Bonchev–Trinajstić information content (AvgIpc) is 2.38. The van der Waals surface area contributed by atoms with Crippen LogP contribution in [0.25, 0.3) is 0 Å². The maximum Gasteiger partial charge on any atom is 0.217 e. The lowest BCUT2D eigenvalue weighted by molar-refractivity contribution is -0.119. The first-order valence-corrected chi connectivity index (χ1v) is 5.94. The van der Waals surface area contributed by atoms with E-state index in [1.165, 1.54) is 13.1 Å². The number of nitriles is 1. The van der Waals surface area contributed by atoms with Crippen molar-refractivity contribution in [2.75, 3.05) is 18.0 Å². The molecule has 2 rings (SSSR count). The van der Waals surface area contributed by atoms with Crippen molar-refractivity contribution in [3.8, 4) is 6.07 Å². The molecule has 1 aliphatic rings. The van der Waals surface area contributed by atoms with Crippen molar-refractivity contribution in [3.05, 3.63) is 18.1 Å². The van der Waals surface area contributed by atoms with Crippen molar-refractivity contribution in [1.82, 2.24) is 15.3 Å². The van der Waals surface area contributed by atoms with Gasteiger partial charge in [-0.15, -0.1) is 0 Å². The lowest BCUT2D eigenvalue weighted by Gasteiger charge is -2.33. The fourth-order valence-electron chi connectivity index (χ4n) is 2.22. The van der Waals surface area contributed by atoms with E-state index in [1.54, 1.807) is 6.20 Å². The third kappa shape index (κ3) is 2.74. The predicted octanol–water partition coefficient (Wildman–Crippen LogP) is 0.453. The van der Waals surface area contributed by atoms with Gasteiger partial charge in [-0.05, 0) is 12.8 Å². The number of rotatable bonds is 2. The molecule has 1 atom stereocenters. The van der Waals surface area contributed by atoms with E-state index in [2.05, 4.69) is 15.3 Å². The van der Waals surface area contributed by atoms with Gasteiger partial charge in [-0.25, -0.2) is 9.97 Å². The smallest absolute Gasteiger partial charge is 0.217 e. The van der Waals surface area contributed by atoms with E-state index in [0.717, 1.165) is 19.4 Å². The third-order valence-corrected chi connectivity index (χ3v) is 2.91. The third-order valence-electron chi connectivity index (χ3n) is 2.91. The lowest BCUT2D eigenvalue weighted by atomic mass is 10.1. The molecule has 0 aromatic carbocycles. The van der Waals surface area contributed by atoms with E-state index in [1.807, 2.05) is 11.0 Å². The molecule has 1 N–H and O–H groups in total. The summed E-state index contributed by atoms with van der Waals surface area (Å²) in [5.74, 6) is 0.580. The summed E-state index contributed by atoms with van der Waals surface area (Å²) in [6, 6.07) is 2.16. The molecule has 6 nitrogen and oxygen atoms in total. The summed E-state index contributed by atoms with van der Waals surface area (Å²) in [4.78, 5) is 21.3. The van der Waals surface area contributed by atoms with Gasteiger partial charge in [0.1, 0.15) is 6.07 Å². The minimum atomic E-state index is -0.0264. The van der Waals surface area contributed by atoms with Crippen LogP contribution >= 0.6 is 0 Å². The Morgan fingerprint density at radius 3 is 3.06 bits per heavy atom. The minimum Gasteiger partial charge on any atom is -0.352 e. The second-order valence-corrected chi connectivity index (χ2v) is 4.33. The molecule has 2 heterocycles. The van der Waals surface area contributed by atoms with Gasteiger partial charge in [-0.1, -0.05) is 0 Å². The van der Waals surface area contributed by atoms with Crippen LogP contribution < -0.4 is 10.2 Å². The van der Waals surface area contributed by atoms with E-state index in [4.69, 9.17) is 5.26 Å². The van der Waals surface area contributed by atoms with Gasteiger partial charge in [0.25, 0.3) is 0 Å². The number of aromatic nitrogens is 2. The van der Waals surface area contributed by atoms with Gasteiger partial charge in [-0.2, -0.15) is 5.26 Å². The number of amides is 1. The van der Waals surface area contributed by atoms with Crippen LogP contribution in [0.5, 0.6) is 0 Å². The highest BCUT2D eigenvalue weighted by atomic mass is 16.1. The molecule has 0 bridgehead atoms. The maximum absolute atomic E-state index is 11.1. The van der Waals surface area contributed by atoms with Crippen molar-refractivity contribution in [2.45, 2.75) is 25.8 Å². The first-order valence-electron chi connectivity index (χ1n) is 5.94. The molecule has 1 amide bonds. The highest BCUT2D eigenvalue weighted by molar-refractivity contribution is 5.73. The van der Waals surface area contributed by atoms with E-state index >= 15 is 0 Å². The molecule has 1 aliphatic heterocycles. The number of nitrogens with zero attached hydrogens (tertiary/aromatic N) is 4. The van der Waals surface area contributed by atoms with Crippen LogP contribution in [0.15, 0.2) is 12.4 Å². The Kier molecular flexibility index (Phi) is 3.72. The molecular formula is C12H15N5O. The number of hydrogen-bond acceptors (Lipinski definition) is 5. The Morgan fingerprint density at radius 1 is 1.56 bits per heavy atom. The van der Waals surface area contributed by atoms with E-state index < -0.39 is 0 Å². The standard InChI is InChI=1S/C12H15N5O/c1-9(18)16-10-3-2-6-17(8-10)12-11(7-13)14-4-5-15-12/h4-5,10H,2-3,6,8H2,1H3,(H,16,18). The average molecular weight is 245 g/mol. The van der Waals surface area contributed by atoms with Crippen LogP contribution in [0.2, 0.25) is 0 Å². The Labute approximate surface area is 106 Å². The van der Waals surface area contributed by atoms with Crippen LogP contribution in [-0.4, -0.2) is 35.0 Å². The minimum absolute atomic E-state index is 0.0264. The second-order valence-electron chi connectivity index (χ2n) is 4.33. The number of anilines is 1. The lowest BCUT2D eigenvalue weighted by Crippen LogP contribution is -2.47. The van der Waals surface area contributed by atoms with E-state index in [9.17, 15) is 4.79 Å². The van der Waals surface area contributed by atoms with Gasteiger partial charge < -0.3 is 10.2 Å². The highest BCUT2D eigenvalue weighted by Crippen LogP contribution is 2.19. The number of piperidine rings is 1. The first kappa shape index (κ1) is 12.3. The molecule has 1 unspecified atom stereocenters. The monoisotopic (exact) mass is 245 g/mol. The summed E-state index contributed by atoms with van der Waals surface area (Å²) >= 11 is 0. The van der Waals surface area contributed by atoms with Crippen LogP contribution in [0.3, 0.4) is 0 Å². The predicted molar refractivity (Wildman–Crippen MR) is 65.8 cm³/mol. The highest BCUT2D eigenvalue weighted by Gasteiger charge is 2.23. The van der Waals surface area contributed by atoms with Crippen molar-refractivity contribution in [2.24, 2.45) is 0 Å². The molecule has 1 aromatic rings. The van der Waals surface area contributed by atoms with Gasteiger partial charge in [0.05, 0.1) is 0 Å². The molecule has 18 heavy (non-hydrogen) atoms. The number of carbonyl (C=O) groups excluding carboxylic acids is 1. The Balaban J connectivity index is 2.13. The van der Waals surface area contributed by atoms with Crippen LogP contribution in [0.1, 0.15) is 25.5 Å². The quantitative estimate of drug-likeness (QED) is 0.818. The second kappa shape index (κ2) is 5.45. The Hall–Kier alpha value is -2.16. The van der Waals surface area contributed by atoms with Gasteiger partial charge in [-0.3, -0.25) is 4.79 Å². The fourth-order valence-corrected chi connectivity index (χ4v) is 2.22. The molecule has 0 saturated carbocycles. The number of nitrogens with one attached hydrogen (secondary N) is 1. The van der Waals surface area contributed by atoms with Crippen molar-refractivity contribution in [1.29, 1.82) is 5.26 Å². The molecule has 0 aliphatic carbocycles. The molecule has 1 aromatic heterocycles. The van der Waals surface area contributed by atoms with Gasteiger partial charge in [0, 0.05) is 38.4 Å². The summed E-state index contributed by atoms with van der Waals surface area (Å²) in [6.07, 6.45) is 5.01. The van der Waals surface area contributed by atoms with Crippen LogP contribution in [0.4, 0.5) is 5.82 Å². The number of carbonyl (C=O) groups is 1. The van der Waals surface area contributed by atoms with Crippen LogP contribution in [0, 0.1) is 11.3 Å². The summed E-state index contributed by atoms with van der Waals surface area (Å²) in [5.41, 5.74) is 0.334. The Bertz CT molecular complexity index is 482. The topological polar surface area (TPSA) is 81.9 Å². The molecule has 0 spiro atoms. The number of hydrogen-bond donors (Lipinski definition) is 1. The molecule has 1 saturated heterocycles. The maximum atomic E-state index is 11.1. The zero-order valence-electron chi connectivity index (χ0n) is 10.3. The zero-order chi connectivity index (χ0) is 13.0. The fraction of sp³-hybridized carbons (Fsp3) is 0.500. The molecule has 1 fully saturated rings. The molecular weight excluding hydrogens is 230 g/mol. The largest absolute Gasteiger partial charge is 0.352 e. The summed E-state index contributed by atoms with van der Waals surface area (Å²) in [5, 5.41) is 11.9. The van der Waals surface area contributed by atoms with Crippen molar-refractivity contribution in [3.63, 3.8) is 0 Å². The molecule has 0 radical (unpaired) electrons. The Morgan fingerprint density at radius 2 is 2.33 bits per heavy atom. The summed E-state index contributed by atoms with van der Waals surface area (Å²) in [6.45, 7) is 3.03. The van der Waals surface area contributed by atoms with Crippen molar-refractivity contribution >= 4 is 11.7 Å². The van der Waals surface area contributed by atoms with Crippen LogP contribution in [-0.2, 0) is 4.79 Å². The summed E-state index contributed by atoms with van der Waals surface area (Å²) in [7, 11) is 0.